The van der Waals surface area contributed by atoms with Crippen LogP contribution in [0.25, 0.3) is 0 Å². The molecule has 0 spiro atoms. The SMILES string of the molecule is COc1nc(N2CCC(C(O)c3ccccn3)CC2)ncc1F. The number of rotatable bonds is 4. The van der Waals surface area contributed by atoms with Gasteiger partial charge in [0, 0.05) is 19.3 Å². The van der Waals surface area contributed by atoms with Gasteiger partial charge < -0.3 is 14.7 Å². The number of hydrogen-bond donors (Lipinski definition) is 1. The molecule has 1 fully saturated rings. The van der Waals surface area contributed by atoms with Crippen molar-refractivity contribution in [3.63, 3.8) is 0 Å². The smallest absolute Gasteiger partial charge is 0.255 e. The highest BCUT2D eigenvalue weighted by Crippen LogP contribution is 2.31. The average Bonchev–Trinajstić information content (AvgIpc) is 2.62. The zero-order valence-electron chi connectivity index (χ0n) is 12.9. The molecule has 7 heteroatoms. The first kappa shape index (κ1) is 15.6. The maximum absolute atomic E-state index is 13.4. The lowest BCUT2D eigenvalue weighted by Crippen LogP contribution is -2.36. The first-order valence-corrected chi connectivity index (χ1v) is 7.59. The number of aliphatic hydroxyl groups is 1. The van der Waals surface area contributed by atoms with Crippen molar-refractivity contribution in [3.05, 3.63) is 42.1 Å². The highest BCUT2D eigenvalue weighted by atomic mass is 19.1. The number of ether oxygens (including phenoxy) is 1. The van der Waals surface area contributed by atoms with E-state index in [2.05, 4.69) is 15.0 Å². The second-order valence-electron chi connectivity index (χ2n) is 5.55. The highest BCUT2D eigenvalue weighted by molar-refractivity contribution is 5.33. The first-order valence-electron chi connectivity index (χ1n) is 7.59. The van der Waals surface area contributed by atoms with E-state index >= 15 is 0 Å². The van der Waals surface area contributed by atoms with Crippen LogP contribution in [0.4, 0.5) is 10.3 Å². The van der Waals surface area contributed by atoms with Crippen molar-refractivity contribution >= 4 is 5.95 Å². The molecule has 3 heterocycles. The molecule has 2 aromatic rings. The topological polar surface area (TPSA) is 71.4 Å². The van der Waals surface area contributed by atoms with Gasteiger partial charge in [-0.05, 0) is 30.9 Å². The summed E-state index contributed by atoms with van der Waals surface area (Å²) in [5.74, 6) is -0.0279. The molecular formula is C16H19FN4O2. The van der Waals surface area contributed by atoms with E-state index in [1.54, 1.807) is 6.20 Å². The predicted molar refractivity (Wildman–Crippen MR) is 82.7 cm³/mol. The fourth-order valence-corrected chi connectivity index (χ4v) is 2.85. The largest absolute Gasteiger partial charge is 0.479 e. The van der Waals surface area contributed by atoms with Crippen molar-refractivity contribution in [2.45, 2.75) is 18.9 Å². The lowest BCUT2D eigenvalue weighted by molar-refractivity contribution is 0.0889. The van der Waals surface area contributed by atoms with Crippen molar-refractivity contribution in [2.75, 3.05) is 25.1 Å². The van der Waals surface area contributed by atoms with Gasteiger partial charge in [-0.25, -0.2) is 4.98 Å². The minimum absolute atomic E-state index is 0.0503. The van der Waals surface area contributed by atoms with Crippen LogP contribution in [0.5, 0.6) is 5.88 Å². The van der Waals surface area contributed by atoms with Gasteiger partial charge in [-0.1, -0.05) is 6.07 Å². The predicted octanol–water partition coefficient (Wildman–Crippen LogP) is 1.97. The fourth-order valence-electron chi connectivity index (χ4n) is 2.85. The molecule has 0 amide bonds. The van der Waals surface area contributed by atoms with Gasteiger partial charge in [0.25, 0.3) is 5.88 Å². The van der Waals surface area contributed by atoms with Gasteiger partial charge in [0.2, 0.25) is 11.8 Å². The van der Waals surface area contributed by atoms with Crippen molar-refractivity contribution in [2.24, 2.45) is 5.92 Å². The minimum atomic E-state index is -0.572. The van der Waals surface area contributed by atoms with E-state index in [0.717, 1.165) is 19.0 Å². The van der Waals surface area contributed by atoms with Crippen molar-refractivity contribution in [1.82, 2.24) is 15.0 Å². The molecule has 1 N–H and O–H groups in total. The second kappa shape index (κ2) is 6.87. The van der Waals surface area contributed by atoms with Gasteiger partial charge in [-0.3, -0.25) is 4.98 Å². The van der Waals surface area contributed by atoms with E-state index in [1.165, 1.54) is 7.11 Å². The van der Waals surface area contributed by atoms with Crippen molar-refractivity contribution < 1.29 is 14.2 Å². The third-order valence-corrected chi connectivity index (χ3v) is 4.15. The molecule has 6 nitrogen and oxygen atoms in total. The molecular weight excluding hydrogens is 299 g/mol. The first-order chi connectivity index (χ1) is 11.2. The molecule has 1 saturated heterocycles. The van der Waals surface area contributed by atoms with Crippen LogP contribution in [0.2, 0.25) is 0 Å². The number of hydrogen-bond acceptors (Lipinski definition) is 6. The number of aromatic nitrogens is 3. The van der Waals surface area contributed by atoms with Gasteiger partial charge in [0.15, 0.2) is 0 Å². The number of piperidine rings is 1. The molecule has 0 bridgehead atoms. The Morgan fingerprint density at radius 1 is 1.30 bits per heavy atom. The molecule has 1 aliphatic rings. The van der Waals surface area contributed by atoms with Crippen LogP contribution in [0.15, 0.2) is 30.6 Å². The molecule has 1 atom stereocenters. The summed E-state index contributed by atoms with van der Waals surface area (Å²) in [4.78, 5) is 14.3. The summed E-state index contributed by atoms with van der Waals surface area (Å²) in [6.45, 7) is 1.40. The molecule has 122 valence electrons. The lowest BCUT2D eigenvalue weighted by atomic mass is 9.89. The quantitative estimate of drug-likeness (QED) is 0.929. The zero-order chi connectivity index (χ0) is 16.2. The van der Waals surface area contributed by atoms with E-state index in [4.69, 9.17) is 4.74 Å². The summed E-state index contributed by atoms with van der Waals surface area (Å²) in [7, 11) is 1.38. The van der Waals surface area contributed by atoms with Gasteiger partial charge in [-0.15, -0.1) is 0 Å². The Balaban J connectivity index is 1.64. The Morgan fingerprint density at radius 3 is 2.74 bits per heavy atom. The molecule has 23 heavy (non-hydrogen) atoms. The number of aliphatic hydroxyl groups excluding tert-OH is 1. The van der Waals surface area contributed by atoms with Crippen LogP contribution in [0, 0.1) is 11.7 Å². The maximum atomic E-state index is 13.4. The third kappa shape index (κ3) is 3.39. The third-order valence-electron chi connectivity index (χ3n) is 4.15. The second-order valence-corrected chi connectivity index (χ2v) is 5.55. The Hall–Kier alpha value is -2.28. The monoisotopic (exact) mass is 318 g/mol. The zero-order valence-corrected chi connectivity index (χ0v) is 12.9. The molecule has 0 radical (unpaired) electrons. The summed E-state index contributed by atoms with van der Waals surface area (Å²) in [5, 5.41) is 10.4. The standard InChI is InChI=1S/C16H19FN4O2/c1-23-15-12(17)10-19-16(20-15)21-8-5-11(6-9-21)14(22)13-4-2-3-7-18-13/h2-4,7,10-11,14,22H,5-6,8-9H2,1H3. The van der Waals surface area contributed by atoms with Crippen molar-refractivity contribution in [3.8, 4) is 5.88 Å². The molecule has 2 aromatic heterocycles. The van der Waals surface area contributed by atoms with E-state index in [0.29, 0.717) is 24.7 Å². The van der Waals surface area contributed by atoms with Crippen LogP contribution < -0.4 is 9.64 Å². The van der Waals surface area contributed by atoms with Gasteiger partial charge in [0.05, 0.1) is 25.1 Å². The highest BCUT2D eigenvalue weighted by Gasteiger charge is 2.28. The van der Waals surface area contributed by atoms with Crippen LogP contribution in [0.3, 0.4) is 0 Å². The number of anilines is 1. The van der Waals surface area contributed by atoms with Gasteiger partial charge >= 0.3 is 0 Å². The molecule has 0 saturated carbocycles. The van der Waals surface area contributed by atoms with E-state index in [9.17, 15) is 9.50 Å². The van der Waals surface area contributed by atoms with E-state index in [-0.39, 0.29) is 11.8 Å². The Bertz CT molecular complexity index is 648. The van der Waals surface area contributed by atoms with Crippen molar-refractivity contribution in [1.29, 1.82) is 0 Å². The summed E-state index contributed by atoms with van der Waals surface area (Å²) in [6.07, 6.45) is 3.83. The molecule has 1 aliphatic heterocycles. The fraction of sp³-hybridized carbons (Fsp3) is 0.438. The van der Waals surface area contributed by atoms with Crippen LogP contribution in [-0.4, -0.2) is 40.3 Å². The maximum Gasteiger partial charge on any atom is 0.255 e. The Morgan fingerprint density at radius 2 is 2.09 bits per heavy atom. The van der Waals surface area contributed by atoms with E-state index < -0.39 is 11.9 Å². The number of nitrogens with zero attached hydrogens (tertiary/aromatic N) is 4. The van der Waals surface area contributed by atoms with Crippen LogP contribution in [-0.2, 0) is 0 Å². The summed E-state index contributed by atoms with van der Waals surface area (Å²) in [5.41, 5.74) is 0.700. The average molecular weight is 318 g/mol. The summed E-state index contributed by atoms with van der Waals surface area (Å²) in [6, 6.07) is 5.54. The normalized spacial score (nSPS) is 17.1. The Labute approximate surface area is 134 Å². The van der Waals surface area contributed by atoms with E-state index in [1.807, 2.05) is 23.1 Å². The lowest BCUT2D eigenvalue weighted by Gasteiger charge is -2.34. The molecule has 0 aromatic carbocycles. The molecule has 3 rings (SSSR count). The molecule has 1 unspecified atom stereocenters. The summed E-state index contributed by atoms with van der Waals surface area (Å²) < 4.78 is 18.3. The van der Waals surface area contributed by atoms with Crippen LogP contribution in [0.1, 0.15) is 24.6 Å². The van der Waals surface area contributed by atoms with Gasteiger partial charge in [0.1, 0.15) is 0 Å². The minimum Gasteiger partial charge on any atom is -0.479 e. The number of pyridine rings is 1. The van der Waals surface area contributed by atoms with Crippen LogP contribution >= 0.6 is 0 Å². The number of methoxy groups -OCH3 is 1. The summed E-state index contributed by atoms with van der Waals surface area (Å²) >= 11 is 0. The Kier molecular flexibility index (Phi) is 4.66. The molecule has 0 aliphatic carbocycles. The number of halogens is 1. The van der Waals surface area contributed by atoms with Gasteiger partial charge in [-0.2, -0.15) is 9.37 Å².